The molecule has 0 saturated carbocycles. The second-order valence-electron chi connectivity index (χ2n) is 11.8. The van der Waals surface area contributed by atoms with Crippen LogP contribution in [0.5, 0.6) is 0 Å². The normalized spacial score (nSPS) is 28.6. The molecule has 0 aromatic heterocycles. The number of carbonyl (C=O) groups excluding carboxylic acids is 3. The van der Waals surface area contributed by atoms with Crippen LogP contribution in [-0.4, -0.2) is 65.6 Å². The summed E-state index contributed by atoms with van der Waals surface area (Å²) in [6.45, 7) is 10.4. The minimum absolute atomic E-state index is 0.0159. The molecule has 2 fully saturated rings. The zero-order valence-corrected chi connectivity index (χ0v) is 26.0. The summed E-state index contributed by atoms with van der Waals surface area (Å²) in [7, 11) is 0. The highest BCUT2D eigenvalue weighted by molar-refractivity contribution is 6.65. The summed E-state index contributed by atoms with van der Waals surface area (Å²) in [4.78, 5) is 40.6. The Morgan fingerprint density at radius 3 is 2.37 bits per heavy atom. The maximum atomic E-state index is 14.1. The highest BCUT2D eigenvalue weighted by Crippen LogP contribution is 2.48. The van der Waals surface area contributed by atoms with Crippen molar-refractivity contribution in [3.8, 4) is 0 Å². The maximum Gasteiger partial charge on any atom is 0.550 e. The maximum absolute atomic E-state index is 14.1. The van der Waals surface area contributed by atoms with E-state index in [0.717, 1.165) is 5.56 Å². The number of nitrogens with zero attached hydrogens (tertiary/aromatic N) is 1. The summed E-state index contributed by atoms with van der Waals surface area (Å²) in [5.41, 5.74) is 1.04. The quantitative estimate of drug-likeness (QED) is 0.376. The van der Waals surface area contributed by atoms with Crippen molar-refractivity contribution in [2.45, 2.75) is 84.6 Å². The Morgan fingerprint density at radius 1 is 1.05 bits per heavy atom. The van der Waals surface area contributed by atoms with Crippen molar-refractivity contribution in [2.75, 3.05) is 6.54 Å². The largest absolute Gasteiger partial charge is 0.609 e. The van der Waals surface area contributed by atoms with Crippen LogP contribution in [0.25, 0.3) is 0 Å². The number of quaternary nitrogens is 1. The zero-order valence-electron chi connectivity index (χ0n) is 24.5. The van der Waals surface area contributed by atoms with Crippen LogP contribution in [0.3, 0.4) is 0 Å². The van der Waals surface area contributed by atoms with Gasteiger partial charge in [-0.2, -0.15) is 0 Å². The van der Waals surface area contributed by atoms with Crippen molar-refractivity contribution in [2.24, 2.45) is 5.92 Å². The van der Waals surface area contributed by atoms with E-state index < -0.39 is 36.5 Å². The van der Waals surface area contributed by atoms with E-state index in [1.165, 1.54) is 6.07 Å². The van der Waals surface area contributed by atoms with Gasteiger partial charge in [-0.05, 0) is 57.4 Å². The molecule has 2 aliphatic heterocycles. The fourth-order valence-corrected chi connectivity index (χ4v) is 7.30. The number of hydrogen-bond donors (Lipinski definition) is 2. The van der Waals surface area contributed by atoms with Gasteiger partial charge in [0.05, 0.1) is 22.7 Å². The minimum atomic E-state index is -2.30. The molecule has 2 heterocycles. The van der Waals surface area contributed by atoms with Crippen LogP contribution in [0, 0.1) is 5.92 Å². The number of carbonyl (C=O) groups is 3. The van der Waals surface area contributed by atoms with Crippen LogP contribution in [0.2, 0.25) is 10.0 Å². The van der Waals surface area contributed by atoms with E-state index in [1.54, 1.807) is 12.1 Å². The average Bonchev–Trinajstić information content (AvgIpc) is 3.28. The van der Waals surface area contributed by atoms with Gasteiger partial charge in [0, 0.05) is 23.9 Å². The van der Waals surface area contributed by atoms with Gasteiger partial charge < -0.3 is 24.3 Å². The molecule has 41 heavy (non-hydrogen) atoms. The average molecular weight is 604 g/mol. The molecule has 2 aromatic rings. The Labute approximate surface area is 252 Å². The van der Waals surface area contributed by atoms with Gasteiger partial charge >= 0.3 is 12.7 Å². The molecule has 2 unspecified atom stereocenters. The number of nitrogens with one attached hydrogen (secondary N) is 2. The molecule has 2 amide bonds. The Morgan fingerprint density at radius 2 is 1.73 bits per heavy atom. The third-order valence-electron chi connectivity index (χ3n) is 9.05. The second-order valence-corrected chi connectivity index (χ2v) is 12.7. The van der Waals surface area contributed by atoms with Crippen molar-refractivity contribution >= 4 is 47.7 Å². The van der Waals surface area contributed by atoms with E-state index in [1.807, 2.05) is 51.1 Å². The van der Waals surface area contributed by atoms with E-state index >= 15 is 0 Å². The van der Waals surface area contributed by atoms with Crippen molar-refractivity contribution in [3.63, 3.8) is 0 Å². The molecule has 0 aliphatic carbocycles. The smallest absolute Gasteiger partial charge is 0.550 e. The third-order valence-corrected chi connectivity index (χ3v) is 9.62. The predicted octanol–water partition coefficient (Wildman–Crippen LogP) is 4.93. The van der Waals surface area contributed by atoms with Gasteiger partial charge in [0.1, 0.15) is 12.1 Å². The number of amides is 2. The van der Waals surface area contributed by atoms with E-state index in [0.29, 0.717) is 22.4 Å². The molecule has 7 atom stereocenters. The first-order valence-corrected chi connectivity index (χ1v) is 15.1. The lowest BCUT2D eigenvalue weighted by Crippen LogP contribution is -2.76. The monoisotopic (exact) mass is 603 g/mol. The summed E-state index contributed by atoms with van der Waals surface area (Å²) < 4.78 is 13.1. The van der Waals surface area contributed by atoms with Crippen LogP contribution in [0.15, 0.2) is 48.5 Å². The van der Waals surface area contributed by atoms with Gasteiger partial charge in [0.15, 0.2) is 0 Å². The highest BCUT2D eigenvalue weighted by Gasteiger charge is 2.73. The van der Waals surface area contributed by atoms with E-state index in [9.17, 15) is 14.4 Å². The van der Waals surface area contributed by atoms with Crippen LogP contribution in [0.1, 0.15) is 63.9 Å². The number of rotatable bonds is 10. The van der Waals surface area contributed by atoms with Crippen molar-refractivity contribution in [1.29, 1.82) is 0 Å². The molecule has 0 bridgehead atoms. The number of likely N-dealkylation sites (N-methyl/N-ethyl adjacent to an activating group) is 1. The lowest BCUT2D eigenvalue weighted by molar-refractivity contribution is -0.864. The molecular weight excluding hydrogens is 564 g/mol. The number of fused-ring (bicyclic) bond motifs is 1. The topological polar surface area (TPSA) is 93.7 Å². The highest BCUT2D eigenvalue weighted by atomic mass is 35.5. The molecule has 2 saturated heterocycles. The Hall–Kier alpha value is -2.59. The third kappa shape index (κ3) is 5.74. The van der Waals surface area contributed by atoms with Crippen LogP contribution < -0.4 is 10.6 Å². The molecule has 2 aliphatic rings. The van der Waals surface area contributed by atoms with E-state index in [-0.39, 0.29) is 41.0 Å². The van der Waals surface area contributed by atoms with Crippen LogP contribution in [0.4, 0.5) is 0 Å². The van der Waals surface area contributed by atoms with E-state index in [4.69, 9.17) is 32.5 Å². The molecule has 8 nitrogen and oxygen atoms in total. The van der Waals surface area contributed by atoms with Crippen molar-refractivity contribution < 1.29 is 28.1 Å². The van der Waals surface area contributed by atoms with Crippen molar-refractivity contribution in [3.05, 3.63) is 69.7 Å². The molecule has 11 heteroatoms. The van der Waals surface area contributed by atoms with E-state index in [2.05, 4.69) is 31.4 Å². The van der Waals surface area contributed by atoms with Gasteiger partial charge in [-0.1, -0.05) is 73.8 Å². The molecule has 2 aromatic carbocycles. The first-order chi connectivity index (χ1) is 19.4. The SMILES string of the molecule is CC[N+]12[C@H](C)C(=O)O[B-]1([C@H](CC(C)C)NC(=O)[C@H](Cc1ccccc1)NC(=O)c1cc(Cl)ccc1Cl)O[C@@H](C)[C@H]2C. The van der Waals surface area contributed by atoms with Crippen LogP contribution in [-0.2, 0) is 25.3 Å². The molecule has 2 N–H and O–H groups in total. The summed E-state index contributed by atoms with van der Waals surface area (Å²) in [6.07, 6.45) is 0.585. The molecular formula is C30H40BCl2N3O5. The fraction of sp³-hybridized carbons (Fsp3) is 0.500. The number of benzene rings is 2. The lowest BCUT2D eigenvalue weighted by atomic mass is 9.56. The zero-order chi connectivity index (χ0) is 30.1. The Bertz CT molecular complexity index is 1300. The molecule has 0 spiro atoms. The molecule has 222 valence electrons. The molecule has 0 radical (unpaired) electrons. The first kappa shape index (κ1) is 31.4. The Kier molecular flexibility index (Phi) is 9.43. The molecule has 4 rings (SSSR count). The van der Waals surface area contributed by atoms with Gasteiger partial charge in [0.2, 0.25) is 5.91 Å². The Balaban J connectivity index is 1.70. The first-order valence-electron chi connectivity index (χ1n) is 14.4. The van der Waals surface area contributed by atoms with Gasteiger partial charge in [-0.3, -0.25) is 9.59 Å². The summed E-state index contributed by atoms with van der Waals surface area (Å²) in [5.74, 6) is -1.68. The summed E-state index contributed by atoms with van der Waals surface area (Å²) in [6, 6.07) is 12.7. The minimum Gasteiger partial charge on any atom is -0.609 e. The standard InChI is InChI=1S/C30H40BCl2N3O5/c1-7-36-19(4)21(6)40-31(36,41-30(39)20(36)5)27(15-18(2)3)35-29(38)26(16-22-11-9-8-10-12-22)34-28(37)24-17-23(32)13-14-25(24)33/h8-14,17-21,26-27H,7,15-16H2,1-6H3,(H,34,37)(H,35,38)/t19-,20-,21+,26+,27+,31?,36?/m1/s1. The second kappa shape index (κ2) is 12.3. The van der Waals surface area contributed by atoms with Crippen LogP contribution >= 0.6 is 23.2 Å². The van der Waals surface area contributed by atoms with Gasteiger partial charge in [-0.25, -0.2) is 4.79 Å². The lowest BCUT2D eigenvalue weighted by Gasteiger charge is -2.53. The fourth-order valence-electron chi connectivity index (χ4n) is 6.93. The van der Waals surface area contributed by atoms with Gasteiger partial charge in [0.25, 0.3) is 5.91 Å². The predicted molar refractivity (Wildman–Crippen MR) is 161 cm³/mol. The summed E-state index contributed by atoms with van der Waals surface area (Å²) >= 11 is 12.4. The summed E-state index contributed by atoms with van der Waals surface area (Å²) in [5, 5.41) is 6.65. The van der Waals surface area contributed by atoms with Crippen molar-refractivity contribution in [1.82, 2.24) is 10.6 Å². The number of hydrogen-bond acceptors (Lipinski definition) is 5. The number of halogens is 2. The van der Waals surface area contributed by atoms with Gasteiger partial charge in [-0.15, -0.1) is 0 Å².